The van der Waals surface area contributed by atoms with Crippen LogP contribution in [-0.4, -0.2) is 23.8 Å². The lowest BCUT2D eigenvalue weighted by molar-refractivity contribution is -0.155. The van der Waals surface area contributed by atoms with Crippen molar-refractivity contribution in [1.82, 2.24) is 0 Å². The number of thioether (sulfide) groups is 1. The number of halogens is 2. The van der Waals surface area contributed by atoms with Crippen LogP contribution in [0.1, 0.15) is 37.0 Å². The molecule has 3 nitrogen and oxygen atoms in total. The van der Waals surface area contributed by atoms with E-state index < -0.39 is 0 Å². The quantitative estimate of drug-likeness (QED) is 0.548. The van der Waals surface area contributed by atoms with Crippen LogP contribution < -0.4 is 0 Å². The lowest BCUT2D eigenvalue weighted by Crippen LogP contribution is -2.32. The van der Waals surface area contributed by atoms with Gasteiger partial charge >= 0.3 is 5.97 Å². The van der Waals surface area contributed by atoms with Gasteiger partial charge in [-0.1, -0.05) is 39.7 Å². The number of hydrogen-bond acceptors (Lipinski definition) is 4. The first-order valence-corrected chi connectivity index (χ1v) is 9.52. The minimum atomic E-state index is -0.238. The minimum Gasteiger partial charge on any atom is -0.462 e. The van der Waals surface area contributed by atoms with E-state index in [9.17, 15) is 4.79 Å². The molecule has 1 saturated heterocycles. The van der Waals surface area contributed by atoms with Gasteiger partial charge in [-0.2, -0.15) is 0 Å². The van der Waals surface area contributed by atoms with E-state index in [2.05, 4.69) is 22.0 Å². The second-order valence-electron chi connectivity index (χ2n) is 4.98. The minimum absolute atomic E-state index is 0.0381. The van der Waals surface area contributed by atoms with Crippen molar-refractivity contribution < 1.29 is 14.3 Å². The fraction of sp³-hybridized carbons (Fsp3) is 0.533. The Hall–Kier alpha value is -0.230. The molecule has 21 heavy (non-hydrogen) atoms. The van der Waals surface area contributed by atoms with Crippen LogP contribution in [0, 0.1) is 0 Å². The third-order valence-corrected chi connectivity index (χ3v) is 5.23. The summed E-state index contributed by atoms with van der Waals surface area (Å²) in [5.41, 5.74) is 2.15. The molecule has 0 saturated carbocycles. The van der Waals surface area contributed by atoms with Gasteiger partial charge in [0.1, 0.15) is 11.5 Å². The summed E-state index contributed by atoms with van der Waals surface area (Å²) >= 11 is 11.2. The molecule has 1 heterocycles. The van der Waals surface area contributed by atoms with Crippen LogP contribution in [0.4, 0.5) is 0 Å². The molecule has 1 aliphatic rings. The van der Waals surface area contributed by atoms with Crippen molar-refractivity contribution in [2.75, 3.05) is 6.26 Å². The molecule has 6 heteroatoms. The first-order valence-electron chi connectivity index (χ1n) is 6.73. The predicted octanol–water partition coefficient (Wildman–Crippen LogP) is 4.71. The molecule has 3 atom stereocenters. The second kappa shape index (κ2) is 7.86. The summed E-state index contributed by atoms with van der Waals surface area (Å²) in [6, 6.07) is 5.92. The van der Waals surface area contributed by atoms with Crippen molar-refractivity contribution >= 4 is 45.3 Å². The zero-order valence-electron chi connectivity index (χ0n) is 12.0. The van der Waals surface area contributed by atoms with Gasteiger partial charge in [-0.25, -0.2) is 0 Å². The Morgan fingerprint density at radius 3 is 2.90 bits per heavy atom. The maximum Gasteiger partial charge on any atom is 0.302 e. The molecular weight excluding hydrogens is 376 g/mol. The van der Waals surface area contributed by atoms with Crippen LogP contribution in [0.2, 0.25) is 5.02 Å². The summed E-state index contributed by atoms with van der Waals surface area (Å²) in [4.78, 5) is 11.2. The summed E-state index contributed by atoms with van der Waals surface area (Å²) in [5.74, 6) is -0.238. The van der Waals surface area contributed by atoms with Crippen molar-refractivity contribution in [3.63, 3.8) is 0 Å². The largest absolute Gasteiger partial charge is 0.462 e. The van der Waals surface area contributed by atoms with Gasteiger partial charge < -0.3 is 9.47 Å². The maximum absolute atomic E-state index is 11.2. The molecule has 0 bridgehead atoms. The summed E-state index contributed by atoms with van der Waals surface area (Å²) in [7, 11) is 0. The topological polar surface area (TPSA) is 35.5 Å². The fourth-order valence-electron chi connectivity index (χ4n) is 2.44. The molecule has 0 amide bonds. The van der Waals surface area contributed by atoms with Crippen LogP contribution in [0.25, 0.3) is 0 Å². The predicted molar refractivity (Wildman–Crippen MR) is 90.0 cm³/mol. The molecule has 1 fully saturated rings. The van der Waals surface area contributed by atoms with Gasteiger partial charge in [-0.05, 0) is 23.4 Å². The summed E-state index contributed by atoms with van der Waals surface area (Å²) in [5, 5.41) is 1.44. The van der Waals surface area contributed by atoms with E-state index in [0.29, 0.717) is 11.8 Å². The van der Waals surface area contributed by atoms with Gasteiger partial charge in [-0.15, -0.1) is 11.8 Å². The van der Waals surface area contributed by atoms with Crippen molar-refractivity contribution in [2.24, 2.45) is 0 Å². The van der Waals surface area contributed by atoms with E-state index in [1.807, 2.05) is 18.4 Å². The molecule has 0 aromatic heterocycles. The van der Waals surface area contributed by atoms with Gasteiger partial charge in [0, 0.05) is 30.1 Å². The Balaban J connectivity index is 2.18. The molecule has 1 aromatic rings. The Morgan fingerprint density at radius 2 is 2.29 bits per heavy atom. The molecule has 1 aliphatic heterocycles. The molecule has 0 spiro atoms. The van der Waals surface area contributed by atoms with Gasteiger partial charge in [0.2, 0.25) is 0 Å². The second-order valence-corrected chi connectivity index (χ2v) is 6.94. The number of alkyl halides is 1. The molecule has 0 unspecified atom stereocenters. The van der Waals surface area contributed by atoms with Crippen molar-refractivity contribution in [2.45, 2.75) is 42.7 Å². The van der Waals surface area contributed by atoms with E-state index in [4.69, 9.17) is 21.1 Å². The highest BCUT2D eigenvalue weighted by atomic mass is 79.9. The van der Waals surface area contributed by atoms with Gasteiger partial charge in [0.25, 0.3) is 0 Å². The van der Waals surface area contributed by atoms with Crippen LogP contribution in [0.5, 0.6) is 0 Å². The third-order valence-electron chi connectivity index (χ3n) is 3.43. The molecule has 116 valence electrons. The van der Waals surface area contributed by atoms with Gasteiger partial charge in [-0.3, -0.25) is 4.79 Å². The smallest absolute Gasteiger partial charge is 0.302 e. The summed E-state index contributed by atoms with van der Waals surface area (Å²) in [6.45, 7) is 1.45. The number of hydrogen-bond donors (Lipinski definition) is 0. The third kappa shape index (κ3) is 4.62. The van der Waals surface area contributed by atoms with E-state index in [-0.39, 0.29) is 23.6 Å². The summed E-state index contributed by atoms with van der Waals surface area (Å²) in [6.07, 6.45) is 3.25. The lowest BCUT2D eigenvalue weighted by Gasteiger charge is -2.34. The fourth-order valence-corrected chi connectivity index (χ4v) is 3.90. The number of carbonyl (C=O) groups excluding carboxylic acids is 1. The Morgan fingerprint density at radius 1 is 1.52 bits per heavy atom. The summed E-state index contributed by atoms with van der Waals surface area (Å²) < 4.78 is 11.5. The SMILES string of the molecule is CS[C@@H]1C[C@H](OC(C)=O)C[C@H](c2ccc(Cl)c(CBr)c2)O1. The molecule has 0 aliphatic carbocycles. The van der Waals surface area contributed by atoms with Crippen molar-refractivity contribution in [1.29, 1.82) is 0 Å². The van der Waals surface area contributed by atoms with E-state index in [1.165, 1.54) is 6.92 Å². The molecular formula is C15H18BrClO3S. The van der Waals surface area contributed by atoms with Crippen LogP contribution in [0.3, 0.4) is 0 Å². The number of esters is 1. The Kier molecular flexibility index (Phi) is 6.41. The molecule has 1 aromatic carbocycles. The molecule has 0 radical (unpaired) electrons. The van der Waals surface area contributed by atoms with Crippen LogP contribution in [-0.2, 0) is 19.6 Å². The average Bonchev–Trinajstić information content (AvgIpc) is 2.46. The van der Waals surface area contributed by atoms with Gasteiger partial charge in [0.15, 0.2) is 0 Å². The number of ether oxygens (including phenoxy) is 2. The molecule has 2 rings (SSSR count). The van der Waals surface area contributed by atoms with E-state index in [0.717, 1.165) is 22.6 Å². The zero-order chi connectivity index (χ0) is 15.4. The number of rotatable bonds is 4. The standard InChI is InChI=1S/C15H18BrClO3S/c1-9(18)19-12-6-14(20-15(7-12)21-2)10-3-4-13(17)11(5-10)8-16/h3-5,12,14-15H,6-8H2,1-2H3/t12-,14-,15-/m1/s1. The van der Waals surface area contributed by atoms with Crippen molar-refractivity contribution in [3.8, 4) is 0 Å². The van der Waals surface area contributed by atoms with E-state index >= 15 is 0 Å². The Labute approximate surface area is 142 Å². The normalized spacial score (nSPS) is 25.6. The maximum atomic E-state index is 11.2. The van der Waals surface area contributed by atoms with Crippen LogP contribution >= 0.6 is 39.3 Å². The van der Waals surface area contributed by atoms with Crippen molar-refractivity contribution in [3.05, 3.63) is 34.3 Å². The van der Waals surface area contributed by atoms with Crippen LogP contribution in [0.15, 0.2) is 18.2 Å². The Bertz CT molecular complexity index is 512. The highest BCUT2D eigenvalue weighted by molar-refractivity contribution is 9.08. The first kappa shape index (κ1) is 17.1. The monoisotopic (exact) mass is 392 g/mol. The number of carbonyl (C=O) groups is 1. The van der Waals surface area contributed by atoms with E-state index in [1.54, 1.807) is 11.8 Å². The molecule has 0 N–H and O–H groups in total. The van der Waals surface area contributed by atoms with Gasteiger partial charge in [0.05, 0.1) is 6.10 Å². The highest BCUT2D eigenvalue weighted by Gasteiger charge is 2.32. The zero-order valence-corrected chi connectivity index (χ0v) is 15.1. The first-order chi connectivity index (χ1) is 10.0. The highest BCUT2D eigenvalue weighted by Crippen LogP contribution is 2.37. The average molecular weight is 394 g/mol. The number of benzene rings is 1. The lowest BCUT2D eigenvalue weighted by atomic mass is 9.98.